The number of fused-ring (bicyclic) bond motifs is 4. The highest BCUT2D eigenvalue weighted by Gasteiger charge is 2.46. The van der Waals surface area contributed by atoms with Crippen LogP contribution in [0, 0.1) is 5.41 Å². The smallest absolute Gasteiger partial charge is 0.410 e. The molecule has 1 aliphatic heterocycles. The number of likely N-dealkylation sites (N-methyl/N-ethyl adjacent to an activating group) is 1. The van der Waals surface area contributed by atoms with Gasteiger partial charge >= 0.3 is 18.3 Å². The summed E-state index contributed by atoms with van der Waals surface area (Å²) >= 11 is 0. The van der Waals surface area contributed by atoms with Crippen LogP contribution >= 0.6 is 0 Å². The number of hydrogen-bond acceptors (Lipinski definition) is 10. The quantitative estimate of drug-likeness (QED) is 0.105. The maximum Gasteiger partial charge on any atom is 0.410 e. The first-order chi connectivity index (χ1) is 31.4. The van der Waals surface area contributed by atoms with Crippen LogP contribution in [0.2, 0.25) is 0 Å². The molecule has 3 aromatic rings. The molecule has 2 aliphatic carbocycles. The molecule has 0 unspecified atom stereocenters. The van der Waals surface area contributed by atoms with E-state index >= 15 is 0 Å². The topological polar surface area (TPSA) is 205 Å². The summed E-state index contributed by atoms with van der Waals surface area (Å²) in [5.74, 6) is -1.48. The number of amides is 6. The van der Waals surface area contributed by atoms with Gasteiger partial charge in [0, 0.05) is 19.5 Å². The fourth-order valence-electron chi connectivity index (χ4n) is 8.54. The van der Waals surface area contributed by atoms with E-state index in [1.165, 1.54) is 22.4 Å². The summed E-state index contributed by atoms with van der Waals surface area (Å²) in [6, 6.07) is 20.4. The first-order valence-corrected chi connectivity index (χ1v) is 23.0. The van der Waals surface area contributed by atoms with Crippen molar-refractivity contribution in [2.75, 3.05) is 26.9 Å². The van der Waals surface area contributed by atoms with E-state index in [1.54, 1.807) is 48.5 Å². The van der Waals surface area contributed by atoms with Crippen LogP contribution in [0.4, 0.5) is 14.4 Å². The molecule has 5 N–H and O–H groups in total. The Morgan fingerprint density at radius 2 is 1.34 bits per heavy atom. The van der Waals surface area contributed by atoms with E-state index in [0.29, 0.717) is 0 Å². The predicted octanol–water partition coefficient (Wildman–Crippen LogP) is 6.94. The van der Waals surface area contributed by atoms with Crippen molar-refractivity contribution in [2.45, 2.75) is 142 Å². The van der Waals surface area contributed by atoms with E-state index in [-0.39, 0.29) is 37.4 Å². The number of hydrogen-bond donors (Lipinski definition) is 5. The zero-order chi connectivity index (χ0) is 49.4. The summed E-state index contributed by atoms with van der Waals surface area (Å²) < 4.78 is 16.1. The summed E-state index contributed by atoms with van der Waals surface area (Å²) in [5, 5.41) is 19.4. The Hall–Kier alpha value is -6.16. The molecule has 3 aliphatic rings. The van der Waals surface area contributed by atoms with Gasteiger partial charge in [-0.2, -0.15) is 0 Å². The maximum atomic E-state index is 14.7. The lowest BCUT2D eigenvalue weighted by atomic mass is 9.85. The third-order valence-electron chi connectivity index (χ3n) is 11.9. The number of carbonyl (C=O) groups is 6. The fraction of sp³-hybridized carbons (Fsp3) is 0.529. The molecule has 0 saturated carbocycles. The average Bonchev–Trinajstić information content (AvgIpc) is 3.82. The van der Waals surface area contributed by atoms with Crippen molar-refractivity contribution in [2.24, 2.45) is 5.41 Å². The molecule has 364 valence electrons. The van der Waals surface area contributed by atoms with Gasteiger partial charge < -0.3 is 40.2 Å². The molecular formula is C51H70N6O10. The molecule has 0 radical (unpaired) electrons. The van der Waals surface area contributed by atoms with Crippen molar-refractivity contribution in [1.29, 1.82) is 0 Å². The second kappa shape index (κ2) is 21.6. The number of alkyl carbamates (subject to hydrolysis) is 2. The summed E-state index contributed by atoms with van der Waals surface area (Å²) in [6.07, 6.45) is 0.831. The number of benzene rings is 3. The highest BCUT2D eigenvalue weighted by atomic mass is 16.6. The molecule has 6 amide bonds. The maximum absolute atomic E-state index is 14.7. The summed E-state index contributed by atoms with van der Waals surface area (Å²) in [7, 11) is 1.47. The molecule has 1 saturated heterocycles. The van der Waals surface area contributed by atoms with Crippen molar-refractivity contribution in [1.82, 2.24) is 31.1 Å². The molecule has 67 heavy (non-hydrogen) atoms. The van der Waals surface area contributed by atoms with Gasteiger partial charge in [0.2, 0.25) is 17.7 Å². The standard InChI is InChI=1S/C45H57N5O7.C6H13NO3/c1-27(49(8)43(55)57-45(5,6)7)39(51)48-38(44(2,3)4)41(53)50-25-29(24-37(50)40(52)47-36-23-15-17-28-16-9-10-18-30(28)36)46-42(54)56-26-35-33-21-13-11-19-31(33)32-20-12-14-22-34(32)35;1-6(2,3)10-5(9)7-4-8/h9-14,16,18-22,27,29,35-38H,15,17,23-26H2,1-8H3,(H,46,54)(H,47,52)(H,48,51);8H,4H2,1-3H3,(H,7,9)/t27-,29-,36+,37-,38+;/m0./s1. The molecule has 3 aromatic carbocycles. The van der Waals surface area contributed by atoms with Crippen LogP contribution in [0.1, 0.15) is 123 Å². The number of aliphatic hydroxyl groups excluding tert-OH is 1. The lowest BCUT2D eigenvalue weighted by molar-refractivity contribution is -0.144. The fourth-order valence-corrected chi connectivity index (χ4v) is 8.54. The Bertz CT molecular complexity index is 2220. The molecule has 0 spiro atoms. The number of ether oxygens (including phenoxy) is 3. The van der Waals surface area contributed by atoms with Gasteiger partial charge in [0.1, 0.15) is 42.7 Å². The van der Waals surface area contributed by atoms with Gasteiger partial charge in [-0.1, -0.05) is 93.6 Å². The first kappa shape index (κ1) is 51.8. The summed E-state index contributed by atoms with van der Waals surface area (Å²) in [5.41, 5.74) is 4.60. The van der Waals surface area contributed by atoms with Gasteiger partial charge in [-0.3, -0.25) is 24.6 Å². The minimum Gasteiger partial charge on any atom is -0.449 e. The largest absolute Gasteiger partial charge is 0.449 e. The number of nitrogens with one attached hydrogen (secondary N) is 4. The zero-order valence-electron chi connectivity index (χ0n) is 40.9. The Balaban J connectivity index is 0.000000752. The Morgan fingerprint density at radius 1 is 0.776 bits per heavy atom. The van der Waals surface area contributed by atoms with Crippen LogP contribution in [0.5, 0.6) is 0 Å². The Kier molecular flexibility index (Phi) is 16.7. The number of likely N-dealkylation sites (tertiary alicyclic amines) is 1. The second-order valence-electron chi connectivity index (χ2n) is 20.5. The predicted molar refractivity (Wildman–Crippen MR) is 254 cm³/mol. The third kappa shape index (κ3) is 13.7. The highest BCUT2D eigenvalue weighted by molar-refractivity contribution is 5.95. The van der Waals surface area contributed by atoms with Crippen molar-refractivity contribution in [3.8, 4) is 11.1 Å². The summed E-state index contributed by atoms with van der Waals surface area (Å²) in [6.45, 7) is 17.3. The molecule has 0 bridgehead atoms. The Morgan fingerprint density at radius 3 is 1.91 bits per heavy atom. The molecular weight excluding hydrogens is 857 g/mol. The van der Waals surface area contributed by atoms with E-state index in [0.717, 1.165) is 47.1 Å². The SMILES string of the molecule is CC(C)(C)OC(=O)NCO.C[C@@H](C(=O)N[C@H](C(=O)N1C[C@@H](NC(=O)OCC2c3ccccc3-c3ccccc32)C[C@H]1C(=O)N[C@@H]1CCCc2ccccc21)C(C)(C)C)N(C)C(=O)OC(C)(C)C. The molecule has 16 heteroatoms. The van der Waals surface area contributed by atoms with E-state index in [2.05, 4.69) is 51.6 Å². The molecule has 1 heterocycles. The van der Waals surface area contributed by atoms with Gasteiger partial charge in [-0.15, -0.1) is 0 Å². The molecule has 6 rings (SSSR count). The monoisotopic (exact) mass is 927 g/mol. The van der Waals surface area contributed by atoms with Crippen molar-refractivity contribution < 1.29 is 48.1 Å². The van der Waals surface area contributed by atoms with Gasteiger partial charge in [0.25, 0.3) is 0 Å². The lowest BCUT2D eigenvalue weighted by Crippen LogP contribution is -2.60. The minimum absolute atomic E-state index is 0.0260. The summed E-state index contributed by atoms with van der Waals surface area (Å²) in [4.78, 5) is 82.2. The van der Waals surface area contributed by atoms with E-state index < -0.39 is 77.6 Å². The van der Waals surface area contributed by atoms with E-state index in [1.807, 2.05) is 63.2 Å². The van der Waals surface area contributed by atoms with Crippen LogP contribution in [-0.4, -0.2) is 113 Å². The van der Waals surface area contributed by atoms with Crippen molar-refractivity contribution in [3.05, 3.63) is 95.1 Å². The third-order valence-corrected chi connectivity index (χ3v) is 11.9. The number of rotatable bonds is 10. The number of aryl methyl sites for hydroxylation is 1. The van der Waals surface area contributed by atoms with Gasteiger partial charge in [0.15, 0.2) is 0 Å². The van der Waals surface area contributed by atoms with Crippen molar-refractivity contribution >= 4 is 36.0 Å². The lowest BCUT2D eigenvalue weighted by Gasteiger charge is -2.37. The first-order valence-electron chi connectivity index (χ1n) is 23.0. The van der Waals surface area contributed by atoms with Crippen LogP contribution < -0.4 is 21.3 Å². The van der Waals surface area contributed by atoms with Gasteiger partial charge in [-0.25, -0.2) is 14.4 Å². The van der Waals surface area contributed by atoms with E-state index in [9.17, 15) is 28.8 Å². The highest BCUT2D eigenvalue weighted by Crippen LogP contribution is 2.44. The van der Waals surface area contributed by atoms with Gasteiger partial charge in [-0.05, 0) is 113 Å². The molecule has 5 atom stereocenters. The average molecular weight is 927 g/mol. The van der Waals surface area contributed by atoms with Crippen LogP contribution in [0.3, 0.4) is 0 Å². The number of carbonyl (C=O) groups excluding carboxylic acids is 6. The normalized spacial score (nSPS) is 18.6. The minimum atomic E-state index is -1.07. The van der Waals surface area contributed by atoms with Crippen LogP contribution in [-0.2, 0) is 35.0 Å². The zero-order valence-corrected chi connectivity index (χ0v) is 40.9. The molecule has 1 fully saturated rings. The number of aliphatic hydroxyl groups is 1. The van der Waals surface area contributed by atoms with E-state index in [4.69, 9.17) is 19.3 Å². The second-order valence-corrected chi connectivity index (χ2v) is 20.5. The van der Waals surface area contributed by atoms with Crippen molar-refractivity contribution in [3.63, 3.8) is 0 Å². The van der Waals surface area contributed by atoms with Crippen LogP contribution in [0.25, 0.3) is 11.1 Å². The molecule has 16 nitrogen and oxygen atoms in total. The van der Waals surface area contributed by atoms with Crippen LogP contribution in [0.15, 0.2) is 72.8 Å². The molecule has 0 aromatic heterocycles. The number of nitrogens with zero attached hydrogens (tertiary/aromatic N) is 2. The van der Waals surface area contributed by atoms with Gasteiger partial charge in [0.05, 0.1) is 12.1 Å². The Labute approximate surface area is 394 Å².